The second-order valence-corrected chi connectivity index (χ2v) is 5.43. The predicted molar refractivity (Wildman–Crippen MR) is 86.3 cm³/mol. The van der Waals surface area contributed by atoms with E-state index in [1.807, 2.05) is 6.92 Å². The van der Waals surface area contributed by atoms with Gasteiger partial charge in [0.25, 0.3) is 0 Å². The van der Waals surface area contributed by atoms with Crippen LogP contribution in [0.4, 0.5) is 4.39 Å². The van der Waals surface area contributed by atoms with Crippen LogP contribution < -0.4 is 0 Å². The molecule has 0 amide bonds. The van der Waals surface area contributed by atoms with Crippen molar-refractivity contribution in [3.63, 3.8) is 0 Å². The smallest absolute Gasteiger partial charge is 0.118 e. The molecule has 0 aliphatic heterocycles. The molecule has 1 unspecified atom stereocenters. The summed E-state index contributed by atoms with van der Waals surface area (Å²) in [6.45, 7) is 13.3. The molecule has 0 saturated heterocycles. The molecule has 0 fully saturated rings. The molecular formula is C18H24FN. The lowest BCUT2D eigenvalue weighted by molar-refractivity contribution is 0.411. The van der Waals surface area contributed by atoms with Gasteiger partial charge < -0.3 is 0 Å². The average molecular weight is 273 g/mol. The van der Waals surface area contributed by atoms with Crippen LogP contribution in [-0.4, -0.2) is 11.9 Å². The molecule has 0 saturated carbocycles. The summed E-state index contributed by atoms with van der Waals surface area (Å²) in [5, 5.41) is 0. The lowest BCUT2D eigenvalue weighted by Gasteiger charge is -2.12. The Kier molecular flexibility index (Phi) is 5.87. The molecular weight excluding hydrogens is 249 g/mol. The Morgan fingerprint density at radius 1 is 1.30 bits per heavy atom. The third-order valence-corrected chi connectivity index (χ3v) is 3.43. The number of halogens is 1. The quantitative estimate of drug-likeness (QED) is 0.641. The summed E-state index contributed by atoms with van der Waals surface area (Å²) in [5.41, 5.74) is 4.85. The summed E-state index contributed by atoms with van der Waals surface area (Å²) in [6.07, 6.45) is 2.33. The van der Waals surface area contributed by atoms with Crippen LogP contribution in [0.25, 0.3) is 0 Å². The number of allylic oxidation sites excluding steroid dienone is 2. The van der Waals surface area contributed by atoms with E-state index in [1.54, 1.807) is 13.0 Å². The van der Waals surface area contributed by atoms with Gasteiger partial charge in [0.2, 0.25) is 0 Å². The molecule has 1 rings (SSSR count). The summed E-state index contributed by atoms with van der Waals surface area (Å²) < 4.78 is 13.4. The number of hydrogen-bond donors (Lipinski definition) is 0. The molecule has 1 atom stereocenters. The molecule has 0 aliphatic carbocycles. The largest absolute Gasteiger partial charge is 0.257 e. The molecule has 1 aromatic carbocycles. The highest BCUT2D eigenvalue weighted by atomic mass is 19.1. The summed E-state index contributed by atoms with van der Waals surface area (Å²) in [6, 6.07) is 6.35. The number of benzene rings is 1. The van der Waals surface area contributed by atoms with Crippen molar-refractivity contribution in [1.29, 1.82) is 0 Å². The molecule has 0 heterocycles. The molecule has 2 heteroatoms. The average Bonchev–Trinajstić information content (AvgIpc) is 2.38. The molecule has 0 spiro atoms. The van der Waals surface area contributed by atoms with Crippen LogP contribution in [0.1, 0.15) is 50.3 Å². The van der Waals surface area contributed by atoms with E-state index in [9.17, 15) is 4.39 Å². The maximum atomic E-state index is 13.4. The summed E-state index contributed by atoms with van der Waals surface area (Å²) >= 11 is 0. The Hall–Kier alpha value is -1.70. The maximum Gasteiger partial charge on any atom is 0.118 e. The highest BCUT2D eigenvalue weighted by Crippen LogP contribution is 2.20. The third kappa shape index (κ3) is 4.16. The first kappa shape index (κ1) is 16.4. The summed E-state index contributed by atoms with van der Waals surface area (Å²) in [7, 11) is 0. The van der Waals surface area contributed by atoms with Gasteiger partial charge in [-0.05, 0) is 55.5 Å². The van der Waals surface area contributed by atoms with Gasteiger partial charge in [-0.1, -0.05) is 32.6 Å². The van der Waals surface area contributed by atoms with Gasteiger partial charge in [0, 0.05) is 11.8 Å². The zero-order valence-corrected chi connectivity index (χ0v) is 13.1. The molecule has 1 nitrogen and oxygen atoms in total. The number of aryl methyl sites for hydroxylation is 1. The van der Waals surface area contributed by atoms with Crippen LogP contribution in [-0.2, 0) is 0 Å². The molecule has 0 aromatic heterocycles. The number of nitrogens with zero attached hydrogens (tertiary/aromatic N) is 1. The fourth-order valence-electron chi connectivity index (χ4n) is 1.89. The van der Waals surface area contributed by atoms with Gasteiger partial charge in [0.1, 0.15) is 6.17 Å². The third-order valence-electron chi connectivity index (χ3n) is 3.43. The predicted octanol–water partition coefficient (Wildman–Crippen LogP) is 5.36. The van der Waals surface area contributed by atoms with E-state index in [-0.39, 0.29) is 0 Å². The summed E-state index contributed by atoms with van der Waals surface area (Å²) in [5.74, 6) is 0.449. The van der Waals surface area contributed by atoms with Crippen LogP contribution in [0, 0.1) is 6.92 Å². The lowest BCUT2D eigenvalue weighted by atomic mass is 9.94. The van der Waals surface area contributed by atoms with Gasteiger partial charge in [-0.3, -0.25) is 4.99 Å². The van der Waals surface area contributed by atoms with Crippen molar-refractivity contribution < 1.29 is 4.39 Å². The normalized spacial score (nSPS) is 14.6. The number of alkyl halides is 1. The topological polar surface area (TPSA) is 12.4 Å². The van der Waals surface area contributed by atoms with E-state index in [0.29, 0.717) is 11.5 Å². The zero-order valence-electron chi connectivity index (χ0n) is 13.1. The van der Waals surface area contributed by atoms with Crippen molar-refractivity contribution in [3.05, 3.63) is 59.3 Å². The Balaban J connectivity index is 3.36. The first-order valence-corrected chi connectivity index (χ1v) is 6.98. The lowest BCUT2D eigenvalue weighted by Crippen LogP contribution is -2.05. The minimum atomic E-state index is -0.974. The van der Waals surface area contributed by atoms with Gasteiger partial charge in [-0.2, -0.15) is 0 Å². The Bertz CT molecular complexity index is 536. The molecule has 0 aliphatic rings. The van der Waals surface area contributed by atoms with Gasteiger partial charge in [-0.25, -0.2) is 4.39 Å². The van der Waals surface area contributed by atoms with Crippen LogP contribution >= 0.6 is 0 Å². The second kappa shape index (κ2) is 7.18. The van der Waals surface area contributed by atoms with Crippen molar-refractivity contribution in [2.75, 3.05) is 0 Å². The van der Waals surface area contributed by atoms with Crippen LogP contribution in [0.15, 0.2) is 47.6 Å². The van der Waals surface area contributed by atoms with Gasteiger partial charge in [0.15, 0.2) is 0 Å². The molecule has 1 aromatic rings. The minimum absolute atomic E-state index is 0.449. The summed E-state index contributed by atoms with van der Waals surface area (Å²) in [4.78, 5) is 4.32. The van der Waals surface area contributed by atoms with E-state index in [2.05, 4.69) is 43.6 Å². The Morgan fingerprint density at radius 2 is 1.95 bits per heavy atom. The number of aliphatic imine (C=N–C) groups is 1. The maximum absolute atomic E-state index is 13.4. The van der Waals surface area contributed by atoms with E-state index in [0.717, 1.165) is 16.8 Å². The highest BCUT2D eigenvalue weighted by molar-refractivity contribution is 6.10. The first-order chi connectivity index (χ1) is 9.36. The number of rotatable bonds is 5. The fourth-order valence-corrected chi connectivity index (χ4v) is 1.89. The van der Waals surface area contributed by atoms with Crippen molar-refractivity contribution >= 4 is 5.71 Å². The minimum Gasteiger partial charge on any atom is -0.257 e. The van der Waals surface area contributed by atoms with Gasteiger partial charge >= 0.3 is 0 Å². The van der Waals surface area contributed by atoms with Crippen LogP contribution in [0.5, 0.6) is 0 Å². The van der Waals surface area contributed by atoms with Crippen molar-refractivity contribution in [2.24, 2.45) is 4.99 Å². The standard InChI is InChI=1S/C18H24FN/c1-7-20-18(10-14(5)15(6)19)17-11-16(12(2)3)9-8-13(17)4/h7-12,15H,1H2,2-6H3/b14-10+,20-18?. The van der Waals surface area contributed by atoms with E-state index >= 15 is 0 Å². The van der Waals surface area contributed by atoms with E-state index in [4.69, 9.17) is 0 Å². The Morgan fingerprint density at radius 3 is 2.45 bits per heavy atom. The zero-order chi connectivity index (χ0) is 15.3. The van der Waals surface area contributed by atoms with Crippen LogP contribution in [0.2, 0.25) is 0 Å². The fraction of sp³-hybridized carbons (Fsp3) is 0.389. The second-order valence-electron chi connectivity index (χ2n) is 5.43. The molecule has 0 N–H and O–H groups in total. The number of hydrogen-bond acceptors (Lipinski definition) is 1. The molecule has 0 bridgehead atoms. The van der Waals surface area contributed by atoms with Gasteiger partial charge in [0.05, 0.1) is 5.71 Å². The molecule has 20 heavy (non-hydrogen) atoms. The molecule has 108 valence electrons. The van der Waals surface area contributed by atoms with Crippen molar-refractivity contribution in [1.82, 2.24) is 0 Å². The van der Waals surface area contributed by atoms with Crippen molar-refractivity contribution in [2.45, 2.75) is 46.7 Å². The van der Waals surface area contributed by atoms with Crippen LogP contribution in [0.3, 0.4) is 0 Å². The van der Waals surface area contributed by atoms with E-state index in [1.165, 1.54) is 18.7 Å². The molecule has 0 radical (unpaired) electrons. The highest BCUT2D eigenvalue weighted by Gasteiger charge is 2.10. The van der Waals surface area contributed by atoms with Gasteiger partial charge in [-0.15, -0.1) is 0 Å². The monoisotopic (exact) mass is 273 g/mol. The SMILES string of the molecule is C=CN=C(/C=C(\C)C(C)F)c1cc(C(C)C)ccc1C. The Labute approximate surface area is 121 Å². The van der Waals surface area contributed by atoms with E-state index < -0.39 is 6.17 Å². The van der Waals surface area contributed by atoms with Crippen molar-refractivity contribution in [3.8, 4) is 0 Å². The first-order valence-electron chi connectivity index (χ1n) is 6.98.